The molecule has 0 aliphatic heterocycles. The van der Waals surface area contributed by atoms with E-state index in [1.165, 1.54) is 6.07 Å². The summed E-state index contributed by atoms with van der Waals surface area (Å²) < 4.78 is 30.7. The van der Waals surface area contributed by atoms with Gasteiger partial charge in [-0.3, -0.25) is 0 Å². The maximum absolute atomic E-state index is 13.0. The van der Waals surface area contributed by atoms with E-state index in [0.29, 0.717) is 18.6 Å². The van der Waals surface area contributed by atoms with Gasteiger partial charge in [0, 0.05) is 19.8 Å². The molecule has 0 amide bonds. The number of hydrogen-bond acceptors (Lipinski definition) is 2. The fourth-order valence-electron chi connectivity index (χ4n) is 1.67. The molecule has 4 heteroatoms. The third-order valence-corrected chi connectivity index (χ3v) is 2.48. The summed E-state index contributed by atoms with van der Waals surface area (Å²) >= 11 is 0. The minimum Gasteiger partial charge on any atom is -0.384 e. The fraction of sp³-hybridized carbons (Fsp3) is 0.500. The lowest BCUT2D eigenvalue weighted by atomic mass is 9.97. The molecule has 0 aliphatic carbocycles. The van der Waals surface area contributed by atoms with Gasteiger partial charge in [0.25, 0.3) is 0 Å². The van der Waals surface area contributed by atoms with Crippen LogP contribution in [0.1, 0.15) is 24.9 Å². The van der Waals surface area contributed by atoms with E-state index in [0.717, 1.165) is 12.1 Å². The Balaban J connectivity index is 2.65. The van der Waals surface area contributed by atoms with Crippen molar-refractivity contribution in [2.75, 3.05) is 13.7 Å². The Morgan fingerprint density at radius 2 is 2.00 bits per heavy atom. The van der Waals surface area contributed by atoms with Crippen LogP contribution in [0.25, 0.3) is 0 Å². The molecule has 0 saturated heterocycles. The zero-order valence-corrected chi connectivity index (χ0v) is 9.54. The number of halogens is 2. The van der Waals surface area contributed by atoms with Crippen molar-refractivity contribution in [3.05, 3.63) is 35.4 Å². The Hall–Kier alpha value is -1.00. The van der Waals surface area contributed by atoms with E-state index < -0.39 is 11.6 Å². The molecule has 0 bridgehead atoms. The van der Waals surface area contributed by atoms with Gasteiger partial charge in [-0.25, -0.2) is 8.78 Å². The highest BCUT2D eigenvalue weighted by Gasteiger charge is 2.13. The van der Waals surface area contributed by atoms with E-state index in [9.17, 15) is 8.78 Å². The standard InChI is InChI=1S/C12H17F2NO/c1-8(7-16-2)5-12(15)9-3-4-10(13)11(14)6-9/h3-4,6,8,12H,5,7,15H2,1-2H3. The lowest BCUT2D eigenvalue weighted by Gasteiger charge is -2.17. The molecular weight excluding hydrogens is 212 g/mol. The number of ether oxygens (including phenoxy) is 1. The van der Waals surface area contributed by atoms with Crippen molar-refractivity contribution >= 4 is 0 Å². The van der Waals surface area contributed by atoms with Gasteiger partial charge in [0.05, 0.1) is 0 Å². The zero-order valence-electron chi connectivity index (χ0n) is 9.54. The minimum absolute atomic E-state index is 0.285. The van der Waals surface area contributed by atoms with E-state index in [2.05, 4.69) is 0 Å². The van der Waals surface area contributed by atoms with Crippen molar-refractivity contribution in [2.45, 2.75) is 19.4 Å². The first-order valence-corrected chi connectivity index (χ1v) is 5.24. The van der Waals surface area contributed by atoms with Crippen molar-refractivity contribution < 1.29 is 13.5 Å². The second-order valence-electron chi connectivity index (χ2n) is 4.08. The molecule has 90 valence electrons. The third-order valence-electron chi connectivity index (χ3n) is 2.48. The van der Waals surface area contributed by atoms with Crippen LogP contribution in [-0.2, 0) is 4.74 Å². The summed E-state index contributed by atoms with van der Waals surface area (Å²) in [6, 6.07) is 3.48. The molecule has 0 aromatic heterocycles. The predicted octanol–water partition coefficient (Wildman–Crippen LogP) is 2.64. The van der Waals surface area contributed by atoms with Crippen molar-refractivity contribution in [3.8, 4) is 0 Å². The van der Waals surface area contributed by atoms with Crippen LogP contribution in [0.3, 0.4) is 0 Å². The Bertz CT molecular complexity index is 344. The molecule has 2 N–H and O–H groups in total. The fourth-order valence-corrected chi connectivity index (χ4v) is 1.67. The molecule has 0 fully saturated rings. The molecule has 2 nitrogen and oxygen atoms in total. The summed E-state index contributed by atoms with van der Waals surface area (Å²) in [4.78, 5) is 0. The predicted molar refractivity (Wildman–Crippen MR) is 58.9 cm³/mol. The van der Waals surface area contributed by atoms with Crippen LogP contribution in [-0.4, -0.2) is 13.7 Å². The maximum atomic E-state index is 13.0. The van der Waals surface area contributed by atoms with Gasteiger partial charge < -0.3 is 10.5 Å². The minimum atomic E-state index is -0.854. The molecule has 1 aromatic rings. The van der Waals surface area contributed by atoms with Gasteiger partial charge in [-0.05, 0) is 30.0 Å². The van der Waals surface area contributed by atoms with E-state index >= 15 is 0 Å². The van der Waals surface area contributed by atoms with Crippen LogP contribution in [0.4, 0.5) is 8.78 Å². The summed E-state index contributed by atoms with van der Waals surface area (Å²) in [6.45, 7) is 2.61. The molecule has 0 radical (unpaired) electrons. The Morgan fingerprint density at radius 1 is 1.31 bits per heavy atom. The molecular formula is C12H17F2NO. The van der Waals surface area contributed by atoms with Gasteiger partial charge in [0.15, 0.2) is 11.6 Å². The van der Waals surface area contributed by atoms with Crippen LogP contribution in [0.2, 0.25) is 0 Å². The van der Waals surface area contributed by atoms with Crippen LogP contribution in [0.5, 0.6) is 0 Å². The molecule has 1 aromatic carbocycles. The van der Waals surface area contributed by atoms with Crippen LogP contribution in [0, 0.1) is 17.6 Å². The Morgan fingerprint density at radius 3 is 2.56 bits per heavy atom. The highest BCUT2D eigenvalue weighted by molar-refractivity contribution is 5.20. The van der Waals surface area contributed by atoms with Crippen LogP contribution in [0.15, 0.2) is 18.2 Å². The second kappa shape index (κ2) is 5.92. The van der Waals surface area contributed by atoms with Gasteiger partial charge in [-0.2, -0.15) is 0 Å². The molecule has 0 spiro atoms. The van der Waals surface area contributed by atoms with Gasteiger partial charge in [-0.1, -0.05) is 13.0 Å². The molecule has 1 rings (SSSR count). The number of methoxy groups -OCH3 is 1. The topological polar surface area (TPSA) is 35.2 Å². The SMILES string of the molecule is COCC(C)CC(N)c1ccc(F)c(F)c1. The third kappa shape index (κ3) is 3.54. The molecule has 0 aliphatic rings. The zero-order chi connectivity index (χ0) is 12.1. The lowest BCUT2D eigenvalue weighted by molar-refractivity contribution is 0.152. The van der Waals surface area contributed by atoms with Crippen molar-refractivity contribution in [1.29, 1.82) is 0 Å². The van der Waals surface area contributed by atoms with Crippen LogP contribution >= 0.6 is 0 Å². The number of hydrogen-bond donors (Lipinski definition) is 1. The first-order chi connectivity index (χ1) is 7.54. The van der Waals surface area contributed by atoms with Gasteiger partial charge in [0.1, 0.15) is 0 Å². The summed E-state index contributed by atoms with van der Waals surface area (Å²) in [5.41, 5.74) is 6.51. The maximum Gasteiger partial charge on any atom is 0.159 e. The van der Waals surface area contributed by atoms with Gasteiger partial charge >= 0.3 is 0 Å². The first kappa shape index (κ1) is 13.1. The molecule has 16 heavy (non-hydrogen) atoms. The summed E-state index contributed by atoms with van der Waals surface area (Å²) in [5, 5.41) is 0. The second-order valence-corrected chi connectivity index (χ2v) is 4.08. The average Bonchev–Trinajstić information content (AvgIpc) is 2.22. The van der Waals surface area contributed by atoms with E-state index in [1.54, 1.807) is 7.11 Å². The lowest BCUT2D eigenvalue weighted by Crippen LogP contribution is -2.17. The largest absolute Gasteiger partial charge is 0.384 e. The number of nitrogens with two attached hydrogens (primary N) is 1. The first-order valence-electron chi connectivity index (χ1n) is 5.24. The molecule has 0 saturated carbocycles. The van der Waals surface area contributed by atoms with Crippen molar-refractivity contribution in [3.63, 3.8) is 0 Å². The number of benzene rings is 1. The summed E-state index contributed by atoms with van der Waals surface area (Å²) in [6.07, 6.45) is 0.679. The van der Waals surface area contributed by atoms with E-state index in [1.807, 2.05) is 6.92 Å². The van der Waals surface area contributed by atoms with Crippen molar-refractivity contribution in [1.82, 2.24) is 0 Å². The Labute approximate surface area is 94.4 Å². The summed E-state index contributed by atoms with van der Waals surface area (Å²) in [7, 11) is 1.62. The normalized spacial score (nSPS) is 14.8. The highest BCUT2D eigenvalue weighted by atomic mass is 19.2. The summed E-state index contributed by atoms with van der Waals surface area (Å²) in [5.74, 6) is -1.42. The number of rotatable bonds is 5. The van der Waals surface area contributed by atoms with Crippen LogP contribution < -0.4 is 5.73 Å². The molecule has 2 atom stereocenters. The monoisotopic (exact) mass is 229 g/mol. The average molecular weight is 229 g/mol. The van der Waals surface area contributed by atoms with E-state index in [4.69, 9.17) is 10.5 Å². The Kier molecular flexibility index (Phi) is 4.83. The van der Waals surface area contributed by atoms with E-state index in [-0.39, 0.29) is 12.0 Å². The molecule has 2 unspecified atom stereocenters. The molecule has 0 heterocycles. The van der Waals surface area contributed by atoms with Gasteiger partial charge in [0.2, 0.25) is 0 Å². The smallest absolute Gasteiger partial charge is 0.159 e. The quantitative estimate of drug-likeness (QED) is 0.842. The highest BCUT2D eigenvalue weighted by Crippen LogP contribution is 2.20. The van der Waals surface area contributed by atoms with Crippen molar-refractivity contribution in [2.24, 2.45) is 11.7 Å². The van der Waals surface area contributed by atoms with Gasteiger partial charge in [-0.15, -0.1) is 0 Å².